The Morgan fingerprint density at radius 1 is 1.06 bits per heavy atom. The van der Waals surface area contributed by atoms with Gasteiger partial charge in [-0.1, -0.05) is 41.0 Å². The Bertz CT molecular complexity index is 690. The van der Waals surface area contributed by atoms with E-state index in [1.54, 1.807) is 4.90 Å². The van der Waals surface area contributed by atoms with Crippen molar-refractivity contribution in [2.45, 2.75) is 90.9 Å². The topological polar surface area (TPSA) is 82.2 Å². The van der Waals surface area contributed by atoms with Crippen molar-refractivity contribution in [3.05, 3.63) is 0 Å². The number of ether oxygens (including phenoxy) is 1. The van der Waals surface area contributed by atoms with E-state index >= 15 is 0 Å². The minimum absolute atomic E-state index is 0.0646. The first-order valence-electron chi connectivity index (χ1n) is 12.5. The van der Waals surface area contributed by atoms with Crippen LogP contribution in [0, 0.1) is 11.3 Å². The number of nitrogens with zero attached hydrogens (tertiary/aromatic N) is 3. The van der Waals surface area contributed by atoms with E-state index in [9.17, 15) is 14.4 Å². The number of rotatable bonds is 8. The molecule has 0 aromatic rings. The van der Waals surface area contributed by atoms with E-state index in [2.05, 4.69) is 29.0 Å². The van der Waals surface area contributed by atoms with Crippen molar-refractivity contribution in [1.82, 2.24) is 20.0 Å². The minimum Gasteiger partial charge on any atom is -0.468 e. The Morgan fingerprint density at radius 2 is 1.70 bits per heavy atom. The third-order valence-electron chi connectivity index (χ3n) is 7.35. The van der Waals surface area contributed by atoms with Crippen LogP contribution in [0.3, 0.4) is 0 Å². The fraction of sp³-hybridized carbons (Fsp3) is 0.880. The standard InChI is InChI=1S/C25H46N4O4/c1-17(2)20(16-29-15-11-13-19(29)24(32)33-8)28(7)23(31)21(25(3,4)5)26-22(30)18-12-9-10-14-27(18)6/h17-21H,9-16H2,1-8H3,(H,26,30)/t18-,19-,20-,21-/m1/s1. The normalized spacial score (nSPS) is 24.4. The van der Waals surface area contributed by atoms with E-state index in [1.807, 2.05) is 34.9 Å². The van der Waals surface area contributed by atoms with Crippen LogP contribution in [0.25, 0.3) is 0 Å². The van der Waals surface area contributed by atoms with Gasteiger partial charge < -0.3 is 15.0 Å². The summed E-state index contributed by atoms with van der Waals surface area (Å²) in [6, 6.07) is -1.14. The summed E-state index contributed by atoms with van der Waals surface area (Å²) in [5.41, 5.74) is -0.433. The molecule has 0 aliphatic carbocycles. The van der Waals surface area contributed by atoms with Crippen molar-refractivity contribution >= 4 is 17.8 Å². The molecule has 0 saturated carbocycles. The highest BCUT2D eigenvalue weighted by molar-refractivity contribution is 5.90. The lowest BCUT2D eigenvalue weighted by atomic mass is 9.84. The van der Waals surface area contributed by atoms with Crippen LogP contribution in [0.4, 0.5) is 0 Å². The number of amides is 2. The van der Waals surface area contributed by atoms with Gasteiger partial charge in [-0.3, -0.25) is 24.2 Å². The van der Waals surface area contributed by atoms with Crippen molar-refractivity contribution < 1.29 is 19.1 Å². The predicted molar refractivity (Wildman–Crippen MR) is 130 cm³/mol. The summed E-state index contributed by atoms with van der Waals surface area (Å²) in [4.78, 5) is 45.2. The summed E-state index contributed by atoms with van der Waals surface area (Å²) >= 11 is 0. The summed E-state index contributed by atoms with van der Waals surface area (Å²) in [5, 5.41) is 3.10. The van der Waals surface area contributed by atoms with E-state index in [-0.39, 0.29) is 41.8 Å². The smallest absolute Gasteiger partial charge is 0.323 e. The fourth-order valence-electron chi connectivity index (χ4n) is 5.13. The van der Waals surface area contributed by atoms with Crippen LogP contribution >= 0.6 is 0 Å². The van der Waals surface area contributed by atoms with Crippen LogP contribution in [0.1, 0.15) is 66.7 Å². The van der Waals surface area contributed by atoms with Gasteiger partial charge >= 0.3 is 5.97 Å². The quantitative estimate of drug-likeness (QED) is 0.552. The Kier molecular flexibility index (Phi) is 9.73. The number of nitrogens with one attached hydrogen (secondary N) is 1. The van der Waals surface area contributed by atoms with Gasteiger partial charge in [0.15, 0.2) is 0 Å². The molecule has 8 nitrogen and oxygen atoms in total. The van der Waals surface area contributed by atoms with Gasteiger partial charge in [-0.15, -0.1) is 0 Å². The van der Waals surface area contributed by atoms with Crippen molar-refractivity contribution in [2.75, 3.05) is 40.8 Å². The predicted octanol–water partition coefficient (Wildman–Crippen LogP) is 2.12. The van der Waals surface area contributed by atoms with E-state index in [0.717, 1.165) is 45.2 Å². The highest BCUT2D eigenvalue weighted by Gasteiger charge is 2.41. The molecule has 0 bridgehead atoms. The Morgan fingerprint density at radius 3 is 2.24 bits per heavy atom. The molecule has 0 aromatic carbocycles. The van der Waals surface area contributed by atoms with Crippen LogP contribution in [0.2, 0.25) is 0 Å². The summed E-state index contributed by atoms with van der Waals surface area (Å²) in [5.74, 6) is -0.161. The molecule has 2 saturated heterocycles. The van der Waals surface area contributed by atoms with Gasteiger partial charge in [0.1, 0.15) is 12.1 Å². The van der Waals surface area contributed by atoms with E-state index in [0.29, 0.717) is 6.54 Å². The number of hydrogen-bond donors (Lipinski definition) is 1. The van der Waals surface area contributed by atoms with Gasteiger partial charge in [0.2, 0.25) is 11.8 Å². The molecule has 0 unspecified atom stereocenters. The molecule has 190 valence electrons. The molecule has 0 radical (unpaired) electrons. The zero-order valence-corrected chi connectivity index (χ0v) is 22.0. The second kappa shape index (κ2) is 11.6. The number of methoxy groups -OCH3 is 1. The number of hydrogen-bond acceptors (Lipinski definition) is 6. The van der Waals surface area contributed by atoms with Gasteiger partial charge in [0, 0.05) is 19.6 Å². The van der Waals surface area contributed by atoms with E-state index in [1.165, 1.54) is 7.11 Å². The summed E-state index contributed by atoms with van der Waals surface area (Å²) in [6.45, 7) is 12.5. The van der Waals surface area contributed by atoms with Gasteiger partial charge in [0.25, 0.3) is 0 Å². The lowest BCUT2D eigenvalue weighted by Crippen LogP contribution is -2.61. The zero-order chi connectivity index (χ0) is 24.9. The largest absolute Gasteiger partial charge is 0.468 e. The second-order valence-corrected chi connectivity index (χ2v) is 11.2. The SMILES string of the molecule is COC(=O)[C@H]1CCCN1C[C@H](C(C)C)N(C)C(=O)[C@@H](NC(=O)[C@H]1CCCCN1C)C(C)(C)C. The number of piperidine rings is 1. The Balaban J connectivity index is 2.17. The average molecular weight is 467 g/mol. The molecule has 2 aliphatic heterocycles. The van der Waals surface area contributed by atoms with Gasteiger partial charge in [-0.2, -0.15) is 0 Å². The highest BCUT2D eigenvalue weighted by atomic mass is 16.5. The van der Waals surface area contributed by atoms with Crippen LogP contribution in [0.15, 0.2) is 0 Å². The first-order valence-corrected chi connectivity index (χ1v) is 12.5. The van der Waals surface area contributed by atoms with Crippen molar-refractivity contribution in [2.24, 2.45) is 11.3 Å². The third-order valence-corrected chi connectivity index (χ3v) is 7.35. The van der Waals surface area contributed by atoms with Crippen LogP contribution in [0.5, 0.6) is 0 Å². The molecule has 1 N–H and O–H groups in total. The highest BCUT2D eigenvalue weighted by Crippen LogP contribution is 2.26. The second-order valence-electron chi connectivity index (χ2n) is 11.2. The number of carbonyl (C=O) groups excluding carboxylic acids is 3. The number of likely N-dealkylation sites (N-methyl/N-ethyl adjacent to an activating group) is 2. The minimum atomic E-state index is -0.624. The van der Waals surface area contributed by atoms with Gasteiger partial charge in [-0.25, -0.2) is 0 Å². The maximum absolute atomic E-state index is 13.8. The first-order chi connectivity index (χ1) is 15.4. The molecular weight excluding hydrogens is 420 g/mol. The zero-order valence-electron chi connectivity index (χ0n) is 22.0. The molecule has 2 rings (SSSR count). The van der Waals surface area contributed by atoms with Crippen LogP contribution < -0.4 is 5.32 Å². The lowest BCUT2D eigenvalue weighted by Gasteiger charge is -2.41. The Labute approximate surface area is 200 Å². The van der Waals surface area contributed by atoms with Crippen LogP contribution in [-0.4, -0.2) is 97.5 Å². The molecule has 2 aliphatic rings. The third kappa shape index (κ3) is 6.92. The lowest BCUT2D eigenvalue weighted by molar-refractivity contribution is -0.147. The van der Waals surface area contributed by atoms with E-state index < -0.39 is 11.5 Å². The average Bonchev–Trinajstić information content (AvgIpc) is 3.21. The molecule has 2 amide bonds. The maximum atomic E-state index is 13.8. The number of esters is 1. The molecule has 8 heteroatoms. The fourth-order valence-corrected chi connectivity index (χ4v) is 5.13. The van der Waals surface area contributed by atoms with Crippen LogP contribution in [-0.2, 0) is 19.1 Å². The number of carbonyl (C=O) groups is 3. The first kappa shape index (κ1) is 27.6. The molecular formula is C25H46N4O4. The van der Waals surface area contributed by atoms with Crippen molar-refractivity contribution in [3.8, 4) is 0 Å². The molecule has 33 heavy (non-hydrogen) atoms. The summed E-state index contributed by atoms with van der Waals surface area (Å²) < 4.78 is 4.99. The molecule has 2 heterocycles. The van der Waals surface area contributed by atoms with E-state index in [4.69, 9.17) is 4.74 Å². The molecule has 2 fully saturated rings. The monoisotopic (exact) mass is 466 g/mol. The van der Waals surface area contributed by atoms with Crippen molar-refractivity contribution in [3.63, 3.8) is 0 Å². The maximum Gasteiger partial charge on any atom is 0.323 e. The van der Waals surface area contributed by atoms with Crippen molar-refractivity contribution in [1.29, 1.82) is 0 Å². The summed E-state index contributed by atoms with van der Waals surface area (Å²) in [6.07, 6.45) is 4.68. The Hall–Kier alpha value is -1.67. The molecule has 0 aromatic heterocycles. The molecule has 0 spiro atoms. The van der Waals surface area contributed by atoms with Gasteiger partial charge in [-0.05, 0) is 57.2 Å². The summed E-state index contributed by atoms with van der Waals surface area (Å²) in [7, 11) is 5.23. The molecule has 4 atom stereocenters. The van der Waals surface area contributed by atoms with Gasteiger partial charge in [0.05, 0.1) is 13.2 Å². The number of likely N-dealkylation sites (tertiary alicyclic amines) is 2.